The molecule has 1 aromatic carbocycles. The molecule has 0 aromatic heterocycles. The number of nitrogens with zero attached hydrogens (tertiary/aromatic N) is 1. The third-order valence-corrected chi connectivity index (χ3v) is 2.86. The number of hydrogen-bond donors (Lipinski definition) is 2. The van der Waals surface area contributed by atoms with Crippen molar-refractivity contribution in [2.24, 2.45) is 11.1 Å². The monoisotopic (exact) mass is 317 g/mol. The van der Waals surface area contributed by atoms with Crippen LogP contribution in [0.1, 0.15) is 20.8 Å². The Morgan fingerprint density at radius 1 is 1.43 bits per heavy atom. The van der Waals surface area contributed by atoms with Gasteiger partial charge in [0.25, 0.3) is 0 Å². The third-order valence-electron chi connectivity index (χ3n) is 2.86. The number of nitrogens with one attached hydrogen (secondary N) is 1. The minimum Gasteiger partial charge on any atom is -0.490 e. The quantitative estimate of drug-likeness (QED) is 0.654. The van der Waals surface area contributed by atoms with Crippen molar-refractivity contribution in [1.29, 1.82) is 0 Å². The van der Waals surface area contributed by atoms with Gasteiger partial charge in [0.15, 0.2) is 5.75 Å². The van der Waals surface area contributed by atoms with E-state index in [0.717, 1.165) is 0 Å². The van der Waals surface area contributed by atoms with E-state index in [1.54, 1.807) is 0 Å². The maximum absolute atomic E-state index is 12.0. The minimum absolute atomic E-state index is 0. The van der Waals surface area contributed by atoms with Crippen molar-refractivity contribution in [2.75, 3.05) is 12.4 Å². The molecule has 0 aliphatic rings. The third kappa shape index (κ3) is 4.87. The van der Waals surface area contributed by atoms with Crippen molar-refractivity contribution >= 4 is 29.7 Å². The van der Waals surface area contributed by atoms with Crippen LogP contribution in [0.5, 0.6) is 5.75 Å². The molecule has 0 bridgehead atoms. The fourth-order valence-corrected chi connectivity index (χ4v) is 1.52. The molecule has 0 saturated carbocycles. The molecule has 0 unspecified atom stereocenters. The van der Waals surface area contributed by atoms with Crippen molar-refractivity contribution in [3.8, 4) is 5.75 Å². The number of benzene rings is 1. The van der Waals surface area contributed by atoms with Gasteiger partial charge >= 0.3 is 5.69 Å². The Morgan fingerprint density at radius 3 is 2.43 bits per heavy atom. The van der Waals surface area contributed by atoms with Crippen LogP contribution in [0.3, 0.4) is 0 Å². The molecule has 0 heterocycles. The fraction of sp³-hybridized carbons (Fsp3) is 0.462. The maximum Gasteiger partial charge on any atom is 0.312 e. The summed E-state index contributed by atoms with van der Waals surface area (Å²) in [5.41, 5.74) is 5.52. The molecule has 21 heavy (non-hydrogen) atoms. The predicted molar refractivity (Wildman–Crippen MR) is 83.0 cm³/mol. The molecule has 118 valence electrons. The molecular weight excluding hydrogens is 298 g/mol. The van der Waals surface area contributed by atoms with E-state index < -0.39 is 22.3 Å². The first-order chi connectivity index (χ1) is 9.16. The van der Waals surface area contributed by atoms with Gasteiger partial charge in [-0.05, 0) is 17.5 Å². The normalized spacial score (nSPS) is 12.0. The SMILES string of the molecule is COc1ccc(NC(=O)[C@@H](N)C(C)(C)C)cc1[N+](=O)[O-].Cl. The number of hydrogen-bond acceptors (Lipinski definition) is 5. The van der Waals surface area contributed by atoms with Crippen LogP contribution in [-0.2, 0) is 4.79 Å². The molecule has 0 fully saturated rings. The lowest BCUT2D eigenvalue weighted by Gasteiger charge is -2.25. The van der Waals surface area contributed by atoms with Crippen molar-refractivity contribution in [3.05, 3.63) is 28.3 Å². The zero-order valence-corrected chi connectivity index (χ0v) is 13.2. The highest BCUT2D eigenvalue weighted by Gasteiger charge is 2.28. The summed E-state index contributed by atoms with van der Waals surface area (Å²) in [5.74, 6) is -0.259. The summed E-state index contributed by atoms with van der Waals surface area (Å²) in [6.45, 7) is 5.52. The van der Waals surface area contributed by atoms with Crippen molar-refractivity contribution in [2.45, 2.75) is 26.8 Å². The molecule has 0 spiro atoms. The van der Waals surface area contributed by atoms with Gasteiger partial charge in [-0.15, -0.1) is 12.4 Å². The molecule has 0 aliphatic heterocycles. The maximum atomic E-state index is 12.0. The molecular formula is C13H20ClN3O4. The van der Waals surface area contributed by atoms with Gasteiger partial charge in [-0.2, -0.15) is 0 Å². The first-order valence-electron chi connectivity index (χ1n) is 6.05. The predicted octanol–water partition coefficient (Wildman–Crippen LogP) is 2.34. The lowest BCUT2D eigenvalue weighted by Crippen LogP contribution is -2.45. The fourth-order valence-electron chi connectivity index (χ4n) is 1.52. The number of ether oxygens (including phenoxy) is 1. The van der Waals surface area contributed by atoms with Crippen molar-refractivity contribution < 1.29 is 14.5 Å². The Hall–Kier alpha value is -1.86. The summed E-state index contributed by atoms with van der Waals surface area (Å²) in [4.78, 5) is 22.3. The van der Waals surface area contributed by atoms with Crippen molar-refractivity contribution in [3.63, 3.8) is 0 Å². The summed E-state index contributed by atoms with van der Waals surface area (Å²) in [7, 11) is 1.34. The average Bonchev–Trinajstić information content (AvgIpc) is 2.36. The van der Waals surface area contributed by atoms with Crippen LogP contribution in [0.25, 0.3) is 0 Å². The number of nitro benzene ring substituents is 1. The summed E-state index contributed by atoms with van der Waals surface area (Å²) >= 11 is 0. The molecule has 0 radical (unpaired) electrons. The van der Waals surface area contributed by atoms with Crippen LogP contribution in [-0.4, -0.2) is 24.0 Å². The second kappa shape index (κ2) is 7.24. The van der Waals surface area contributed by atoms with Gasteiger partial charge in [0.05, 0.1) is 18.1 Å². The number of anilines is 1. The van der Waals surface area contributed by atoms with Crippen molar-refractivity contribution in [1.82, 2.24) is 0 Å². The van der Waals surface area contributed by atoms with E-state index in [0.29, 0.717) is 5.69 Å². The van der Waals surface area contributed by atoms with E-state index in [-0.39, 0.29) is 23.8 Å². The van der Waals surface area contributed by atoms with Crippen LogP contribution in [0.2, 0.25) is 0 Å². The molecule has 1 aromatic rings. The first kappa shape index (κ1) is 19.1. The summed E-state index contributed by atoms with van der Waals surface area (Å²) in [6, 6.07) is 3.48. The highest BCUT2D eigenvalue weighted by molar-refractivity contribution is 5.95. The molecule has 0 aliphatic carbocycles. The van der Waals surface area contributed by atoms with Crippen LogP contribution in [0.4, 0.5) is 11.4 Å². The van der Waals surface area contributed by atoms with E-state index in [9.17, 15) is 14.9 Å². The molecule has 3 N–H and O–H groups in total. The van der Waals surface area contributed by atoms with Crippen LogP contribution in [0.15, 0.2) is 18.2 Å². The lowest BCUT2D eigenvalue weighted by atomic mass is 9.87. The number of carbonyl (C=O) groups is 1. The summed E-state index contributed by atoms with van der Waals surface area (Å²) in [6.07, 6.45) is 0. The molecule has 0 saturated heterocycles. The van der Waals surface area contributed by atoms with E-state index in [4.69, 9.17) is 10.5 Å². The highest BCUT2D eigenvalue weighted by atomic mass is 35.5. The summed E-state index contributed by atoms with van der Waals surface area (Å²) in [5, 5.41) is 13.5. The minimum atomic E-state index is -0.719. The number of rotatable bonds is 4. The molecule has 1 rings (SSSR count). The molecule has 8 heteroatoms. The Balaban J connectivity index is 0.00000400. The van der Waals surface area contributed by atoms with Crippen LogP contribution < -0.4 is 15.8 Å². The standard InChI is InChI=1S/C13H19N3O4.ClH/c1-13(2,3)11(14)12(17)15-8-5-6-10(20-4)9(7-8)16(18)19;/h5-7,11H,14H2,1-4H3,(H,15,17);1H/t11-;/m1./s1. The molecule has 1 atom stereocenters. The molecule has 1 amide bonds. The zero-order chi connectivity index (χ0) is 15.5. The van der Waals surface area contributed by atoms with Gasteiger partial charge in [-0.25, -0.2) is 0 Å². The van der Waals surface area contributed by atoms with Crippen LogP contribution >= 0.6 is 12.4 Å². The zero-order valence-electron chi connectivity index (χ0n) is 12.4. The van der Waals surface area contributed by atoms with E-state index in [1.807, 2.05) is 20.8 Å². The number of carbonyl (C=O) groups excluding carboxylic acids is 1. The Labute approximate surface area is 129 Å². The van der Waals surface area contributed by atoms with E-state index in [2.05, 4.69) is 5.32 Å². The summed E-state index contributed by atoms with van der Waals surface area (Å²) < 4.78 is 4.89. The Kier molecular flexibility index (Phi) is 6.59. The van der Waals surface area contributed by atoms with Crippen LogP contribution in [0, 0.1) is 15.5 Å². The number of methoxy groups -OCH3 is 1. The van der Waals surface area contributed by atoms with Gasteiger partial charge < -0.3 is 15.8 Å². The lowest BCUT2D eigenvalue weighted by molar-refractivity contribution is -0.385. The highest BCUT2D eigenvalue weighted by Crippen LogP contribution is 2.30. The number of nitrogens with two attached hydrogens (primary N) is 1. The number of amides is 1. The van der Waals surface area contributed by atoms with Gasteiger partial charge in [0.2, 0.25) is 5.91 Å². The number of halogens is 1. The second-order valence-corrected chi connectivity index (χ2v) is 5.48. The number of nitro groups is 1. The average molecular weight is 318 g/mol. The smallest absolute Gasteiger partial charge is 0.312 e. The molecule has 7 nitrogen and oxygen atoms in total. The topological polar surface area (TPSA) is 107 Å². The Morgan fingerprint density at radius 2 is 2.00 bits per heavy atom. The first-order valence-corrected chi connectivity index (χ1v) is 6.05. The van der Waals surface area contributed by atoms with Gasteiger partial charge in [0.1, 0.15) is 0 Å². The van der Waals surface area contributed by atoms with Gasteiger partial charge in [0, 0.05) is 11.8 Å². The largest absolute Gasteiger partial charge is 0.490 e. The van der Waals surface area contributed by atoms with Gasteiger partial charge in [-0.1, -0.05) is 20.8 Å². The van der Waals surface area contributed by atoms with E-state index in [1.165, 1.54) is 25.3 Å². The van der Waals surface area contributed by atoms with Gasteiger partial charge in [-0.3, -0.25) is 14.9 Å². The Bertz CT molecular complexity index is 529. The second-order valence-electron chi connectivity index (χ2n) is 5.48. The van der Waals surface area contributed by atoms with E-state index >= 15 is 0 Å².